The molecule has 0 amide bonds. The van der Waals surface area contributed by atoms with Crippen LogP contribution in [0.5, 0.6) is 0 Å². The van der Waals surface area contributed by atoms with Gasteiger partial charge in [0.1, 0.15) is 0 Å². The van der Waals surface area contributed by atoms with E-state index in [0.717, 1.165) is 12.5 Å². The average Bonchev–Trinajstić information content (AvgIpc) is 3.18. The van der Waals surface area contributed by atoms with E-state index in [4.69, 9.17) is 5.11 Å². The SMILES string of the molecule is Cc1nc(N(CC2CC2)C2CC2)ncc1C(=O)O. The van der Waals surface area contributed by atoms with Crippen LogP contribution in [0.2, 0.25) is 0 Å². The summed E-state index contributed by atoms with van der Waals surface area (Å²) in [5.41, 5.74) is 0.745. The number of nitrogens with zero attached hydrogens (tertiary/aromatic N) is 3. The molecule has 0 bridgehead atoms. The van der Waals surface area contributed by atoms with Crippen molar-refractivity contribution in [2.24, 2.45) is 5.92 Å². The molecule has 1 heterocycles. The van der Waals surface area contributed by atoms with Gasteiger partial charge >= 0.3 is 5.97 Å². The topological polar surface area (TPSA) is 66.3 Å². The van der Waals surface area contributed by atoms with Gasteiger partial charge in [-0.1, -0.05) is 0 Å². The van der Waals surface area contributed by atoms with E-state index in [9.17, 15) is 4.79 Å². The highest BCUT2D eigenvalue weighted by molar-refractivity contribution is 5.88. The van der Waals surface area contributed by atoms with E-state index < -0.39 is 5.97 Å². The molecule has 1 N–H and O–H groups in total. The summed E-state index contributed by atoms with van der Waals surface area (Å²) in [6.07, 6.45) is 6.44. The molecule has 18 heavy (non-hydrogen) atoms. The summed E-state index contributed by atoms with van der Waals surface area (Å²) in [5.74, 6) is 0.528. The van der Waals surface area contributed by atoms with Gasteiger partial charge in [-0.3, -0.25) is 0 Å². The lowest BCUT2D eigenvalue weighted by Gasteiger charge is -2.22. The number of aromatic nitrogens is 2. The van der Waals surface area contributed by atoms with Crippen molar-refractivity contribution in [1.82, 2.24) is 9.97 Å². The van der Waals surface area contributed by atoms with Crippen molar-refractivity contribution >= 4 is 11.9 Å². The number of rotatable bonds is 5. The first-order valence-electron chi connectivity index (χ1n) is 6.48. The third-order valence-electron chi connectivity index (χ3n) is 3.59. The lowest BCUT2D eigenvalue weighted by molar-refractivity contribution is 0.0695. The second-order valence-electron chi connectivity index (χ2n) is 5.30. The van der Waals surface area contributed by atoms with Crippen LogP contribution in [0.1, 0.15) is 41.7 Å². The molecule has 0 spiro atoms. The third-order valence-corrected chi connectivity index (χ3v) is 3.59. The van der Waals surface area contributed by atoms with Gasteiger partial charge in [-0.05, 0) is 38.5 Å². The Morgan fingerprint density at radius 2 is 2.17 bits per heavy atom. The number of carboxylic acids is 1. The molecule has 96 valence electrons. The van der Waals surface area contributed by atoms with Crippen molar-refractivity contribution in [2.45, 2.75) is 38.6 Å². The lowest BCUT2D eigenvalue weighted by atomic mass is 10.2. The van der Waals surface area contributed by atoms with Gasteiger partial charge < -0.3 is 10.0 Å². The molecular weight excluding hydrogens is 230 g/mol. The Morgan fingerprint density at radius 3 is 2.67 bits per heavy atom. The highest BCUT2D eigenvalue weighted by Crippen LogP contribution is 2.36. The van der Waals surface area contributed by atoms with Crippen LogP contribution in [-0.4, -0.2) is 33.6 Å². The smallest absolute Gasteiger partial charge is 0.339 e. The first-order chi connectivity index (χ1) is 8.65. The van der Waals surface area contributed by atoms with Gasteiger partial charge in [-0.2, -0.15) is 0 Å². The highest BCUT2D eigenvalue weighted by Gasteiger charge is 2.35. The zero-order chi connectivity index (χ0) is 12.7. The van der Waals surface area contributed by atoms with Gasteiger partial charge in [0, 0.05) is 18.8 Å². The first kappa shape index (κ1) is 11.4. The second-order valence-corrected chi connectivity index (χ2v) is 5.30. The predicted molar refractivity (Wildman–Crippen MR) is 66.8 cm³/mol. The van der Waals surface area contributed by atoms with Crippen LogP contribution >= 0.6 is 0 Å². The first-order valence-corrected chi connectivity index (χ1v) is 6.48. The maximum atomic E-state index is 10.9. The van der Waals surface area contributed by atoms with Crippen molar-refractivity contribution in [1.29, 1.82) is 0 Å². The number of hydrogen-bond acceptors (Lipinski definition) is 4. The van der Waals surface area contributed by atoms with Gasteiger partial charge in [0.15, 0.2) is 0 Å². The van der Waals surface area contributed by atoms with E-state index in [0.29, 0.717) is 17.7 Å². The molecule has 2 aliphatic carbocycles. The van der Waals surface area contributed by atoms with Crippen LogP contribution in [0.4, 0.5) is 5.95 Å². The normalized spacial score (nSPS) is 18.7. The molecule has 3 rings (SSSR count). The number of hydrogen-bond donors (Lipinski definition) is 1. The fourth-order valence-electron chi connectivity index (χ4n) is 2.16. The lowest BCUT2D eigenvalue weighted by Crippen LogP contribution is -2.30. The molecule has 2 saturated carbocycles. The summed E-state index contributed by atoms with van der Waals surface area (Å²) >= 11 is 0. The van der Waals surface area contributed by atoms with Crippen molar-refractivity contribution in [3.63, 3.8) is 0 Å². The second kappa shape index (κ2) is 4.23. The maximum absolute atomic E-state index is 10.9. The van der Waals surface area contributed by atoms with E-state index in [1.165, 1.54) is 31.9 Å². The van der Waals surface area contributed by atoms with E-state index >= 15 is 0 Å². The predicted octanol–water partition coefficient (Wildman–Crippen LogP) is 1.86. The van der Waals surface area contributed by atoms with Crippen LogP contribution < -0.4 is 4.90 Å². The van der Waals surface area contributed by atoms with Gasteiger partial charge in [-0.15, -0.1) is 0 Å². The quantitative estimate of drug-likeness (QED) is 0.860. The highest BCUT2D eigenvalue weighted by atomic mass is 16.4. The van der Waals surface area contributed by atoms with Crippen LogP contribution in [0.25, 0.3) is 0 Å². The summed E-state index contributed by atoms with van der Waals surface area (Å²) < 4.78 is 0. The summed E-state index contributed by atoms with van der Waals surface area (Å²) in [7, 11) is 0. The Bertz CT molecular complexity index is 481. The van der Waals surface area contributed by atoms with E-state index in [1.54, 1.807) is 6.92 Å². The Balaban J connectivity index is 1.84. The van der Waals surface area contributed by atoms with E-state index in [2.05, 4.69) is 14.9 Å². The number of anilines is 1. The Morgan fingerprint density at radius 1 is 1.44 bits per heavy atom. The monoisotopic (exact) mass is 247 g/mol. The summed E-state index contributed by atoms with van der Waals surface area (Å²) in [4.78, 5) is 21.8. The standard InChI is InChI=1S/C13H17N3O2/c1-8-11(12(17)18)6-14-13(15-8)16(10-4-5-10)7-9-2-3-9/h6,9-10H,2-5,7H2,1H3,(H,17,18). The molecule has 0 aliphatic heterocycles. The van der Waals surface area contributed by atoms with Crippen LogP contribution in [0, 0.1) is 12.8 Å². The molecule has 1 aromatic rings. The Kier molecular flexibility index (Phi) is 2.69. The van der Waals surface area contributed by atoms with Gasteiger partial charge in [-0.25, -0.2) is 14.8 Å². The minimum Gasteiger partial charge on any atom is -0.478 e. The van der Waals surface area contributed by atoms with Crippen LogP contribution in [0.3, 0.4) is 0 Å². The van der Waals surface area contributed by atoms with Crippen LogP contribution in [0.15, 0.2) is 6.20 Å². The van der Waals surface area contributed by atoms with E-state index in [-0.39, 0.29) is 5.56 Å². The minimum absolute atomic E-state index is 0.195. The van der Waals surface area contributed by atoms with Gasteiger partial charge in [0.25, 0.3) is 0 Å². The summed E-state index contributed by atoms with van der Waals surface area (Å²) in [6, 6.07) is 0.570. The molecule has 0 unspecified atom stereocenters. The Labute approximate surface area is 106 Å². The van der Waals surface area contributed by atoms with Gasteiger partial charge in [0.05, 0.1) is 11.3 Å². The molecule has 2 aliphatic rings. The minimum atomic E-state index is -0.959. The van der Waals surface area contributed by atoms with Crippen molar-refractivity contribution < 1.29 is 9.90 Å². The molecule has 0 aromatic carbocycles. The fourth-order valence-corrected chi connectivity index (χ4v) is 2.16. The molecule has 5 heteroatoms. The Hall–Kier alpha value is -1.65. The molecule has 1 aromatic heterocycles. The van der Waals surface area contributed by atoms with E-state index in [1.807, 2.05) is 0 Å². The molecule has 0 atom stereocenters. The summed E-state index contributed by atoms with van der Waals surface area (Å²) in [6.45, 7) is 2.76. The molecule has 0 saturated heterocycles. The summed E-state index contributed by atoms with van der Waals surface area (Å²) in [5, 5.41) is 8.98. The maximum Gasteiger partial charge on any atom is 0.339 e. The number of carboxylic acid groups (broad SMARTS) is 1. The zero-order valence-electron chi connectivity index (χ0n) is 10.5. The molecule has 5 nitrogen and oxygen atoms in total. The largest absolute Gasteiger partial charge is 0.478 e. The fraction of sp³-hybridized carbons (Fsp3) is 0.615. The number of aryl methyl sites for hydroxylation is 1. The van der Waals surface area contributed by atoms with Crippen molar-refractivity contribution in [3.05, 3.63) is 17.5 Å². The number of aromatic carboxylic acids is 1. The van der Waals surface area contributed by atoms with Gasteiger partial charge in [0.2, 0.25) is 5.95 Å². The van der Waals surface area contributed by atoms with Crippen molar-refractivity contribution in [3.8, 4) is 0 Å². The average molecular weight is 247 g/mol. The molecule has 0 radical (unpaired) electrons. The molecule has 2 fully saturated rings. The van der Waals surface area contributed by atoms with Crippen molar-refractivity contribution in [2.75, 3.05) is 11.4 Å². The molecular formula is C13H17N3O2. The number of carbonyl (C=O) groups is 1. The third kappa shape index (κ3) is 2.30. The zero-order valence-corrected chi connectivity index (χ0v) is 10.5. The van der Waals surface area contributed by atoms with Crippen LogP contribution in [-0.2, 0) is 0 Å².